The minimum atomic E-state index is -1.05. The summed E-state index contributed by atoms with van der Waals surface area (Å²) in [5.41, 5.74) is 4.33. The topological polar surface area (TPSA) is 53.8 Å². The molecule has 0 N–H and O–H groups in total. The van der Waals surface area contributed by atoms with Gasteiger partial charge in [-0.2, -0.15) is 0 Å². The van der Waals surface area contributed by atoms with E-state index in [1.54, 1.807) is 12.4 Å². The molecule has 1 saturated carbocycles. The molecule has 0 amide bonds. The van der Waals surface area contributed by atoms with Crippen molar-refractivity contribution < 1.29 is 4.55 Å². The van der Waals surface area contributed by atoms with E-state index in [9.17, 15) is 4.55 Å². The van der Waals surface area contributed by atoms with E-state index in [4.69, 9.17) is 4.98 Å². The molecule has 0 aliphatic heterocycles. The van der Waals surface area contributed by atoms with Gasteiger partial charge in [0, 0.05) is 12.2 Å². The number of benzene rings is 1. The Bertz CT molecular complexity index is 870. The molecule has 1 aliphatic rings. The van der Waals surface area contributed by atoms with Gasteiger partial charge in [-0.25, -0.2) is 4.98 Å². The molecule has 0 radical (unpaired) electrons. The summed E-state index contributed by atoms with van der Waals surface area (Å²) in [6, 6.07) is 8.85. The summed E-state index contributed by atoms with van der Waals surface area (Å²) < 4.78 is 14.7. The summed E-state index contributed by atoms with van der Waals surface area (Å²) in [5, 5.41) is 0. The van der Waals surface area contributed by atoms with Crippen LogP contribution in [0.25, 0.3) is 22.4 Å². The van der Waals surface area contributed by atoms with E-state index in [2.05, 4.69) is 34.7 Å². The Labute approximate surface area is 138 Å². The van der Waals surface area contributed by atoms with E-state index in [0.29, 0.717) is 11.8 Å². The third kappa shape index (κ3) is 2.54. The third-order valence-corrected chi connectivity index (χ3v) is 5.63. The van der Waals surface area contributed by atoms with Gasteiger partial charge < -0.3 is 9.12 Å². The number of fused-ring (bicyclic) bond motifs is 1. The maximum absolute atomic E-state index is 12.4. The van der Waals surface area contributed by atoms with E-state index in [-0.39, 0.29) is 0 Å². The van der Waals surface area contributed by atoms with Gasteiger partial charge in [0.25, 0.3) is 0 Å². The molecule has 4 nitrogen and oxygen atoms in total. The van der Waals surface area contributed by atoms with E-state index >= 15 is 0 Å². The molecule has 3 aromatic rings. The fraction of sp³-hybridized carbons (Fsp3) is 0.333. The summed E-state index contributed by atoms with van der Waals surface area (Å²) in [4.78, 5) is 9.83. The Morgan fingerprint density at radius 2 is 2.13 bits per heavy atom. The van der Waals surface area contributed by atoms with Crippen LogP contribution in [-0.2, 0) is 11.2 Å². The van der Waals surface area contributed by atoms with Crippen LogP contribution in [0.2, 0.25) is 0 Å². The summed E-state index contributed by atoms with van der Waals surface area (Å²) in [6.07, 6.45) is 5.84. The van der Waals surface area contributed by atoms with E-state index < -0.39 is 11.2 Å². The fourth-order valence-electron chi connectivity index (χ4n) is 3.00. The summed E-state index contributed by atoms with van der Waals surface area (Å²) in [6.45, 7) is 4.01. The molecule has 1 aliphatic carbocycles. The molecule has 1 aromatic carbocycles. The summed E-state index contributed by atoms with van der Waals surface area (Å²) >= 11 is -1.05. The van der Waals surface area contributed by atoms with Crippen LogP contribution in [0.1, 0.15) is 31.4 Å². The van der Waals surface area contributed by atoms with Crippen LogP contribution in [-0.4, -0.2) is 24.8 Å². The van der Waals surface area contributed by atoms with Gasteiger partial charge in [-0.3, -0.25) is 4.98 Å². The van der Waals surface area contributed by atoms with Crippen molar-refractivity contribution in [3.8, 4) is 11.4 Å². The van der Waals surface area contributed by atoms with Gasteiger partial charge in [0.05, 0.1) is 22.8 Å². The molecule has 1 atom stereocenters. The van der Waals surface area contributed by atoms with Crippen molar-refractivity contribution in [3.05, 3.63) is 42.2 Å². The number of hydrogen-bond donors (Lipinski definition) is 0. The Kier molecular flexibility index (Phi) is 3.62. The van der Waals surface area contributed by atoms with Crippen molar-refractivity contribution in [2.24, 2.45) is 0 Å². The Morgan fingerprint density at radius 3 is 2.87 bits per heavy atom. The smallest absolute Gasteiger partial charge is 0.181 e. The summed E-state index contributed by atoms with van der Waals surface area (Å²) in [5.74, 6) is 1.51. The van der Waals surface area contributed by atoms with E-state index in [1.807, 2.05) is 13.0 Å². The van der Waals surface area contributed by atoms with Gasteiger partial charge in [0.2, 0.25) is 0 Å². The zero-order valence-electron chi connectivity index (χ0n) is 13.3. The molecule has 1 fully saturated rings. The highest BCUT2D eigenvalue weighted by molar-refractivity contribution is 7.91. The molecule has 5 heteroatoms. The number of pyridine rings is 1. The van der Waals surface area contributed by atoms with E-state index in [1.165, 1.54) is 18.4 Å². The Hall–Kier alpha value is -1.85. The highest BCUT2D eigenvalue weighted by Crippen LogP contribution is 2.42. The maximum Gasteiger partial charge on any atom is 0.181 e. The highest BCUT2D eigenvalue weighted by Gasteiger charge is 2.30. The molecule has 0 saturated heterocycles. The quantitative estimate of drug-likeness (QED) is 0.684. The van der Waals surface area contributed by atoms with Crippen LogP contribution < -0.4 is 0 Å². The van der Waals surface area contributed by atoms with Crippen LogP contribution in [0.3, 0.4) is 0 Å². The van der Waals surface area contributed by atoms with Crippen LogP contribution in [0.4, 0.5) is 0 Å². The normalized spacial score (nSPS) is 16.0. The highest BCUT2D eigenvalue weighted by atomic mass is 32.2. The first-order valence-corrected chi connectivity index (χ1v) is 9.32. The standard InChI is InChI=1S/C18H19N3OS/c1-3-23(22)17-11-19-9-8-14(17)18-20-15-10-12(2)4-7-16(15)21(18)13-5-6-13/h4,7-11,13H,3,5-6H2,1-2H3. The lowest BCUT2D eigenvalue weighted by Gasteiger charge is -2.13. The number of nitrogens with zero attached hydrogens (tertiary/aromatic N) is 3. The van der Waals surface area contributed by atoms with Crippen LogP contribution in [0.5, 0.6) is 0 Å². The number of imidazole rings is 1. The van der Waals surface area contributed by atoms with Crippen LogP contribution >= 0.6 is 0 Å². The first-order chi connectivity index (χ1) is 11.2. The third-order valence-electron chi connectivity index (χ3n) is 4.29. The predicted molar refractivity (Wildman–Crippen MR) is 92.9 cm³/mol. The average Bonchev–Trinajstić information content (AvgIpc) is 3.34. The van der Waals surface area contributed by atoms with Crippen molar-refractivity contribution in [1.29, 1.82) is 0 Å². The number of hydrogen-bond acceptors (Lipinski definition) is 3. The second kappa shape index (κ2) is 5.65. The van der Waals surface area contributed by atoms with Gasteiger partial charge in [0.15, 0.2) is 4.90 Å². The average molecular weight is 325 g/mol. The second-order valence-electron chi connectivity index (χ2n) is 6.03. The largest absolute Gasteiger partial charge is 0.611 e. The Morgan fingerprint density at radius 1 is 1.30 bits per heavy atom. The lowest BCUT2D eigenvalue weighted by Crippen LogP contribution is -2.08. The number of rotatable bonds is 4. The molecular formula is C18H19N3OS. The van der Waals surface area contributed by atoms with Gasteiger partial charge in [0.1, 0.15) is 11.6 Å². The molecule has 1 unspecified atom stereocenters. The fourth-order valence-corrected chi connectivity index (χ4v) is 3.90. The second-order valence-corrected chi connectivity index (χ2v) is 7.74. The first-order valence-electron chi connectivity index (χ1n) is 8.00. The SMILES string of the molecule is CC[S+]([O-])c1cnccc1-c1nc2cc(C)ccc2n1C1CC1. The molecular weight excluding hydrogens is 306 g/mol. The van der Waals surface area contributed by atoms with Crippen molar-refractivity contribution in [1.82, 2.24) is 14.5 Å². The Balaban J connectivity index is 1.97. The van der Waals surface area contributed by atoms with Crippen molar-refractivity contribution in [2.45, 2.75) is 37.6 Å². The molecule has 23 heavy (non-hydrogen) atoms. The first kappa shape index (κ1) is 14.7. The maximum atomic E-state index is 12.4. The van der Waals surface area contributed by atoms with Crippen molar-refractivity contribution in [2.75, 3.05) is 5.75 Å². The van der Waals surface area contributed by atoms with Crippen molar-refractivity contribution in [3.63, 3.8) is 0 Å². The molecule has 0 bridgehead atoms. The number of aryl methyl sites for hydroxylation is 1. The van der Waals surface area contributed by atoms with Gasteiger partial charge in [-0.15, -0.1) is 0 Å². The summed E-state index contributed by atoms with van der Waals surface area (Å²) in [7, 11) is 0. The minimum Gasteiger partial charge on any atom is -0.611 e. The van der Waals surface area contributed by atoms with Gasteiger partial charge in [-0.1, -0.05) is 6.07 Å². The van der Waals surface area contributed by atoms with Crippen molar-refractivity contribution >= 4 is 22.2 Å². The monoisotopic (exact) mass is 325 g/mol. The lowest BCUT2D eigenvalue weighted by atomic mass is 10.2. The molecule has 0 spiro atoms. The van der Waals surface area contributed by atoms with E-state index in [0.717, 1.165) is 27.3 Å². The number of aromatic nitrogens is 3. The lowest BCUT2D eigenvalue weighted by molar-refractivity contribution is 0.596. The zero-order valence-corrected chi connectivity index (χ0v) is 14.1. The molecule has 118 valence electrons. The van der Waals surface area contributed by atoms with Crippen LogP contribution in [0.15, 0.2) is 41.6 Å². The minimum absolute atomic E-state index is 0.508. The molecule has 2 heterocycles. The predicted octanol–water partition coefficient (Wildman–Crippen LogP) is 3.87. The molecule has 2 aromatic heterocycles. The van der Waals surface area contributed by atoms with Gasteiger partial charge >= 0.3 is 0 Å². The van der Waals surface area contributed by atoms with Gasteiger partial charge in [-0.05, 0) is 61.6 Å². The molecule has 4 rings (SSSR count). The van der Waals surface area contributed by atoms with Crippen LogP contribution in [0, 0.1) is 6.92 Å². The zero-order chi connectivity index (χ0) is 16.0.